The van der Waals surface area contributed by atoms with E-state index in [-0.39, 0.29) is 21.2 Å². The van der Waals surface area contributed by atoms with E-state index in [1.165, 1.54) is 24.3 Å². The first-order valence-corrected chi connectivity index (χ1v) is 17.3. The van der Waals surface area contributed by atoms with Crippen LogP contribution in [0.4, 0.5) is 0 Å². The Labute approximate surface area is 264 Å². The van der Waals surface area contributed by atoms with Crippen molar-refractivity contribution >= 4 is 65.8 Å². The van der Waals surface area contributed by atoms with Crippen LogP contribution in [-0.4, -0.2) is 53.1 Å². The molecule has 0 heterocycles. The van der Waals surface area contributed by atoms with E-state index in [4.69, 9.17) is 8.57 Å². The van der Waals surface area contributed by atoms with Crippen molar-refractivity contribution in [2.24, 2.45) is 10.3 Å². The van der Waals surface area contributed by atoms with Gasteiger partial charge in [0.05, 0.1) is 14.2 Å². The summed E-state index contributed by atoms with van der Waals surface area (Å²) in [5.74, 6) is -3.40. The van der Waals surface area contributed by atoms with E-state index in [1.54, 1.807) is 48.5 Å². The normalized spacial score (nSPS) is 12.4. The highest BCUT2D eigenvalue weighted by Crippen LogP contribution is 2.24. The van der Waals surface area contributed by atoms with Gasteiger partial charge in [-0.05, 0) is 49.2 Å². The number of thioether (sulfide) groups is 2. The highest BCUT2D eigenvalue weighted by molar-refractivity contribution is 8.16. The zero-order chi connectivity index (χ0) is 32.3. The minimum atomic E-state index is -4.46. The number of nitrogens with zero attached hydrogens (tertiary/aromatic N) is 2. The fourth-order valence-corrected chi connectivity index (χ4v) is 6.63. The number of carbonyl (C=O) groups is 2. The molecular weight excluding hydrogens is 653 g/mol. The summed E-state index contributed by atoms with van der Waals surface area (Å²) in [6, 6.07) is 19.8. The Kier molecular flexibility index (Phi) is 12.4. The molecule has 12 nitrogen and oxygen atoms in total. The number of esters is 2. The predicted molar refractivity (Wildman–Crippen MR) is 167 cm³/mol. The lowest BCUT2D eigenvalue weighted by Gasteiger charge is -2.10. The summed E-state index contributed by atoms with van der Waals surface area (Å²) < 4.78 is 70.1. The number of rotatable bonds is 10. The highest BCUT2D eigenvalue weighted by atomic mass is 32.2. The zero-order valence-corrected chi connectivity index (χ0v) is 27.2. The molecule has 44 heavy (non-hydrogen) atoms. The molecule has 3 rings (SSSR count). The minimum absolute atomic E-state index is 0.0619. The van der Waals surface area contributed by atoms with Crippen molar-refractivity contribution in [3.8, 4) is 0 Å². The lowest BCUT2D eigenvalue weighted by Crippen LogP contribution is -2.16. The van der Waals surface area contributed by atoms with E-state index in [0.717, 1.165) is 48.9 Å². The van der Waals surface area contributed by atoms with Crippen molar-refractivity contribution in [2.75, 3.05) is 14.2 Å². The van der Waals surface area contributed by atoms with E-state index in [2.05, 4.69) is 19.8 Å². The molecule has 0 radical (unpaired) electrons. The minimum Gasteiger partial charge on any atom is -0.464 e. The van der Waals surface area contributed by atoms with Crippen LogP contribution in [0.25, 0.3) is 0 Å². The third-order valence-electron chi connectivity index (χ3n) is 5.44. The largest absolute Gasteiger partial charge is 0.464 e. The van der Waals surface area contributed by atoms with Gasteiger partial charge in [-0.1, -0.05) is 93.5 Å². The van der Waals surface area contributed by atoms with Crippen LogP contribution >= 0.6 is 23.5 Å². The van der Waals surface area contributed by atoms with Gasteiger partial charge in [-0.3, -0.25) is 8.57 Å². The Morgan fingerprint density at radius 3 is 1.27 bits per heavy atom. The summed E-state index contributed by atoms with van der Waals surface area (Å²) in [7, 11) is -6.70. The molecular formula is C28H28N2O10S4. The molecule has 0 aliphatic rings. The quantitative estimate of drug-likeness (QED) is 0.0966. The summed E-state index contributed by atoms with van der Waals surface area (Å²) >= 11 is 1.69. The van der Waals surface area contributed by atoms with Crippen LogP contribution in [0, 0.1) is 13.8 Å². The molecule has 0 atom stereocenters. The van der Waals surface area contributed by atoms with Crippen molar-refractivity contribution in [2.45, 2.75) is 35.1 Å². The first-order chi connectivity index (χ1) is 20.8. The molecule has 0 aliphatic carbocycles. The second-order valence-corrected chi connectivity index (χ2v) is 14.2. The van der Waals surface area contributed by atoms with Crippen molar-refractivity contribution in [1.82, 2.24) is 0 Å². The summed E-state index contributed by atoms with van der Waals surface area (Å²) in [4.78, 5) is 25.6. The molecule has 0 spiro atoms. The van der Waals surface area contributed by atoms with E-state index in [1.807, 2.05) is 13.8 Å². The van der Waals surface area contributed by atoms with Crippen molar-refractivity contribution in [3.63, 3.8) is 0 Å². The smallest absolute Gasteiger partial charge is 0.367 e. The Hall–Kier alpha value is -3.86. The van der Waals surface area contributed by atoms with Gasteiger partial charge < -0.3 is 9.47 Å². The lowest BCUT2D eigenvalue weighted by atomic mass is 10.1. The van der Waals surface area contributed by atoms with Crippen LogP contribution in [0.1, 0.15) is 22.3 Å². The molecule has 3 aromatic rings. The van der Waals surface area contributed by atoms with Crippen LogP contribution in [0.15, 0.2) is 92.9 Å². The van der Waals surface area contributed by atoms with Gasteiger partial charge in [0, 0.05) is 9.79 Å². The van der Waals surface area contributed by atoms with Gasteiger partial charge in [-0.15, -0.1) is 0 Å². The Morgan fingerprint density at radius 2 is 0.955 bits per heavy atom. The molecule has 234 valence electrons. The van der Waals surface area contributed by atoms with Crippen molar-refractivity contribution < 1.29 is 44.5 Å². The van der Waals surface area contributed by atoms with Gasteiger partial charge in [-0.25, -0.2) is 9.59 Å². The number of oxime groups is 2. The first-order valence-electron chi connectivity index (χ1n) is 12.5. The van der Waals surface area contributed by atoms with Crippen LogP contribution < -0.4 is 0 Å². The maximum atomic E-state index is 12.8. The van der Waals surface area contributed by atoms with Gasteiger partial charge in [-0.2, -0.15) is 16.8 Å². The molecule has 3 aromatic carbocycles. The molecule has 0 amide bonds. The molecule has 0 fully saturated rings. The number of methoxy groups -OCH3 is 2. The molecule has 0 aromatic heterocycles. The highest BCUT2D eigenvalue weighted by Gasteiger charge is 2.24. The molecule has 0 unspecified atom stereocenters. The fraction of sp³-hybridized carbons (Fsp3) is 0.214. The maximum absolute atomic E-state index is 12.8. The summed E-state index contributed by atoms with van der Waals surface area (Å²) in [6.45, 7) is 3.76. The maximum Gasteiger partial charge on any atom is 0.367 e. The van der Waals surface area contributed by atoms with Gasteiger partial charge in [0.2, 0.25) is 10.1 Å². The monoisotopic (exact) mass is 680 g/mol. The number of hydrogen-bond acceptors (Lipinski definition) is 14. The van der Waals surface area contributed by atoms with E-state index < -0.39 is 43.7 Å². The molecule has 0 bridgehead atoms. The Bertz CT molecular complexity index is 1620. The second kappa shape index (κ2) is 15.7. The van der Waals surface area contributed by atoms with Crippen molar-refractivity contribution in [3.05, 3.63) is 95.1 Å². The Morgan fingerprint density at radius 1 is 0.614 bits per heavy atom. The summed E-state index contributed by atoms with van der Waals surface area (Å²) in [5.41, 5.74) is 2.08. The predicted octanol–water partition coefficient (Wildman–Crippen LogP) is 4.55. The van der Waals surface area contributed by atoms with Crippen LogP contribution in [0.2, 0.25) is 0 Å². The molecule has 0 aliphatic heterocycles. The average Bonchev–Trinajstić information content (AvgIpc) is 2.99. The van der Waals surface area contributed by atoms with Gasteiger partial charge in [0.15, 0.2) is 0 Å². The van der Waals surface area contributed by atoms with Crippen LogP contribution in [0.3, 0.4) is 0 Å². The van der Waals surface area contributed by atoms with Crippen LogP contribution in [-0.2, 0) is 59.4 Å². The molecule has 0 N–H and O–H groups in total. The zero-order valence-electron chi connectivity index (χ0n) is 24.0. The van der Waals surface area contributed by atoms with Crippen molar-refractivity contribution in [1.29, 1.82) is 0 Å². The topological polar surface area (TPSA) is 164 Å². The van der Waals surface area contributed by atoms with E-state index in [9.17, 15) is 26.4 Å². The number of benzene rings is 3. The standard InChI is InChI=1S/C28H28N2O10S4/c1-19-9-13-23(14-10-19)41-25(27(31)37-3)29-39-43(33,34)17-21-7-5-6-8-22(21)18-44(35,36)40-30-26(28(32)38-4)42-24-15-11-20(2)12-16-24/h5-16H,17-18H2,1-4H3. The fourth-order valence-electron chi connectivity index (χ4n) is 3.26. The first kappa shape index (κ1) is 34.6. The third-order valence-corrected chi connectivity index (χ3v) is 9.26. The SMILES string of the molecule is COC(=O)C(=NOS(=O)(=O)Cc1ccccc1CS(=O)(=O)ON=C(Sc1ccc(C)cc1)C(=O)OC)Sc1ccc(C)cc1. The van der Waals surface area contributed by atoms with Gasteiger partial charge >= 0.3 is 32.2 Å². The average molecular weight is 681 g/mol. The summed E-state index contributed by atoms with van der Waals surface area (Å²) in [6.07, 6.45) is 0. The number of aryl methyl sites for hydroxylation is 2. The van der Waals surface area contributed by atoms with E-state index >= 15 is 0 Å². The third kappa shape index (κ3) is 11.0. The number of carbonyl (C=O) groups excluding carboxylic acids is 2. The molecule has 16 heteroatoms. The molecule has 0 saturated heterocycles. The summed E-state index contributed by atoms with van der Waals surface area (Å²) in [5, 5.41) is 6.28. The van der Waals surface area contributed by atoms with E-state index in [0.29, 0.717) is 9.79 Å². The second-order valence-electron chi connectivity index (χ2n) is 8.93. The lowest BCUT2D eigenvalue weighted by molar-refractivity contribution is -0.133. The molecule has 0 saturated carbocycles. The van der Waals surface area contributed by atoms with Crippen LogP contribution in [0.5, 0.6) is 0 Å². The van der Waals surface area contributed by atoms with Gasteiger partial charge in [0.25, 0.3) is 0 Å². The number of hydrogen-bond donors (Lipinski definition) is 0. The number of ether oxygens (including phenoxy) is 2. The Balaban J connectivity index is 1.76. The van der Waals surface area contributed by atoms with Gasteiger partial charge in [0.1, 0.15) is 11.5 Å².